The van der Waals surface area contributed by atoms with E-state index in [-0.39, 0.29) is 22.2 Å². The number of aromatic nitrogens is 1. The van der Waals surface area contributed by atoms with Gasteiger partial charge in [0.25, 0.3) is 0 Å². The summed E-state index contributed by atoms with van der Waals surface area (Å²) in [6.45, 7) is 4.32. The molecule has 0 radical (unpaired) electrons. The molecular formula is C12H19N3O2S. The second kappa shape index (κ2) is 4.51. The predicted octanol–water partition coefficient (Wildman–Crippen LogP) is 1.52. The summed E-state index contributed by atoms with van der Waals surface area (Å²) in [4.78, 5) is 3.97. The Morgan fingerprint density at radius 2 is 2.22 bits per heavy atom. The number of rotatable bonds is 3. The highest BCUT2D eigenvalue weighted by molar-refractivity contribution is 7.89. The molecule has 0 aliphatic heterocycles. The molecule has 1 aromatic rings. The van der Waals surface area contributed by atoms with Crippen LogP contribution in [0.5, 0.6) is 0 Å². The minimum absolute atomic E-state index is 0.0133. The average Bonchev–Trinajstić information content (AvgIpc) is 2.57. The first-order valence-electron chi connectivity index (χ1n) is 6.02. The zero-order valence-electron chi connectivity index (χ0n) is 10.7. The molecule has 18 heavy (non-hydrogen) atoms. The van der Waals surface area contributed by atoms with Gasteiger partial charge in [0.2, 0.25) is 10.0 Å². The Bertz CT molecular complexity index is 540. The molecule has 5 nitrogen and oxygen atoms in total. The highest BCUT2D eigenvalue weighted by Crippen LogP contribution is 2.37. The molecule has 1 aliphatic carbocycles. The number of sulfonamides is 1. The van der Waals surface area contributed by atoms with E-state index in [1.165, 1.54) is 18.3 Å². The minimum atomic E-state index is -3.49. The molecule has 0 bridgehead atoms. The lowest BCUT2D eigenvalue weighted by molar-refractivity contribution is 0.372. The summed E-state index contributed by atoms with van der Waals surface area (Å²) in [7, 11) is -3.49. The van der Waals surface area contributed by atoms with Crippen LogP contribution in [0, 0.1) is 5.41 Å². The first kappa shape index (κ1) is 13.3. The molecular weight excluding hydrogens is 250 g/mol. The van der Waals surface area contributed by atoms with Crippen molar-refractivity contribution in [3.63, 3.8) is 0 Å². The second-order valence-electron chi connectivity index (χ2n) is 5.64. The lowest BCUT2D eigenvalue weighted by atomic mass is 9.92. The van der Waals surface area contributed by atoms with Crippen LogP contribution in [-0.4, -0.2) is 19.4 Å². The Balaban J connectivity index is 2.14. The maximum atomic E-state index is 12.2. The van der Waals surface area contributed by atoms with E-state index in [9.17, 15) is 8.42 Å². The van der Waals surface area contributed by atoms with Crippen LogP contribution in [0.3, 0.4) is 0 Å². The number of anilines is 1. The van der Waals surface area contributed by atoms with Crippen LogP contribution in [0.4, 0.5) is 5.82 Å². The van der Waals surface area contributed by atoms with Gasteiger partial charge < -0.3 is 5.73 Å². The van der Waals surface area contributed by atoms with Crippen molar-refractivity contribution in [2.24, 2.45) is 5.41 Å². The van der Waals surface area contributed by atoms with Crippen LogP contribution in [0.1, 0.15) is 33.1 Å². The minimum Gasteiger partial charge on any atom is -0.384 e. The highest BCUT2D eigenvalue weighted by atomic mass is 32.2. The molecule has 100 valence electrons. The SMILES string of the molecule is CC1(C)CCC(NS(=O)(=O)c2ccnc(N)c2)C1. The van der Waals surface area contributed by atoms with Crippen LogP contribution in [-0.2, 0) is 10.0 Å². The van der Waals surface area contributed by atoms with Crippen LogP contribution in [0.25, 0.3) is 0 Å². The Hall–Kier alpha value is -1.14. The molecule has 1 heterocycles. The standard InChI is InChI=1S/C12H19N3O2S/c1-12(2)5-3-9(8-12)15-18(16,17)10-4-6-14-11(13)7-10/h4,6-7,9,15H,3,5,8H2,1-2H3,(H2,13,14). The van der Waals surface area contributed by atoms with Gasteiger partial charge in [0.15, 0.2) is 0 Å². The van der Waals surface area contributed by atoms with E-state index in [0.29, 0.717) is 0 Å². The largest absolute Gasteiger partial charge is 0.384 e. The average molecular weight is 269 g/mol. The lowest BCUT2D eigenvalue weighted by Gasteiger charge is -2.18. The highest BCUT2D eigenvalue weighted by Gasteiger charge is 2.33. The van der Waals surface area contributed by atoms with E-state index in [2.05, 4.69) is 23.6 Å². The van der Waals surface area contributed by atoms with Crippen molar-refractivity contribution in [2.45, 2.75) is 44.0 Å². The number of pyridine rings is 1. The number of hydrogen-bond acceptors (Lipinski definition) is 4. The Morgan fingerprint density at radius 1 is 1.50 bits per heavy atom. The summed E-state index contributed by atoms with van der Waals surface area (Å²) in [6, 6.07) is 2.85. The molecule has 0 amide bonds. The van der Waals surface area contributed by atoms with E-state index in [1.54, 1.807) is 0 Å². The molecule has 6 heteroatoms. The monoisotopic (exact) mass is 269 g/mol. The smallest absolute Gasteiger partial charge is 0.241 e. The molecule has 0 spiro atoms. The van der Waals surface area contributed by atoms with Crippen LogP contribution in [0.15, 0.2) is 23.2 Å². The number of nitrogen functional groups attached to an aromatic ring is 1. The van der Waals surface area contributed by atoms with Crippen LogP contribution in [0.2, 0.25) is 0 Å². The third-order valence-corrected chi connectivity index (χ3v) is 4.87. The van der Waals surface area contributed by atoms with Gasteiger partial charge in [0, 0.05) is 18.3 Å². The van der Waals surface area contributed by atoms with Gasteiger partial charge in [0.1, 0.15) is 5.82 Å². The van der Waals surface area contributed by atoms with E-state index in [4.69, 9.17) is 5.73 Å². The third kappa shape index (κ3) is 3.00. The van der Waals surface area contributed by atoms with Crippen LogP contribution >= 0.6 is 0 Å². The van der Waals surface area contributed by atoms with Gasteiger partial charge in [-0.25, -0.2) is 18.1 Å². The van der Waals surface area contributed by atoms with Gasteiger partial charge in [-0.05, 0) is 30.7 Å². The number of nitrogens with one attached hydrogen (secondary N) is 1. The summed E-state index contributed by atoms with van der Waals surface area (Å²) in [6.07, 6.45) is 4.20. The normalized spacial score (nSPS) is 23.1. The second-order valence-corrected chi connectivity index (χ2v) is 7.36. The van der Waals surface area contributed by atoms with E-state index < -0.39 is 10.0 Å². The molecule has 1 aromatic heterocycles. The fraction of sp³-hybridized carbons (Fsp3) is 0.583. The molecule has 2 rings (SSSR count). The summed E-state index contributed by atoms with van der Waals surface area (Å²) >= 11 is 0. The molecule has 1 aliphatic rings. The van der Waals surface area contributed by atoms with E-state index in [1.807, 2.05) is 0 Å². The lowest BCUT2D eigenvalue weighted by Crippen LogP contribution is -2.33. The Kier molecular flexibility index (Phi) is 3.33. The van der Waals surface area contributed by atoms with Gasteiger partial charge in [-0.3, -0.25) is 0 Å². The van der Waals surface area contributed by atoms with Gasteiger partial charge >= 0.3 is 0 Å². The third-order valence-electron chi connectivity index (χ3n) is 3.35. The molecule has 0 aromatic carbocycles. The van der Waals surface area contributed by atoms with Crippen molar-refractivity contribution in [3.05, 3.63) is 18.3 Å². The summed E-state index contributed by atoms with van der Waals surface area (Å²) in [5, 5.41) is 0. The topological polar surface area (TPSA) is 85.1 Å². The van der Waals surface area contributed by atoms with Gasteiger partial charge in [-0.15, -0.1) is 0 Å². The molecule has 1 fully saturated rings. The van der Waals surface area contributed by atoms with Gasteiger partial charge in [-0.2, -0.15) is 0 Å². The number of hydrogen-bond donors (Lipinski definition) is 2. The maximum Gasteiger partial charge on any atom is 0.241 e. The summed E-state index contributed by atoms with van der Waals surface area (Å²) in [5.74, 6) is 0.213. The quantitative estimate of drug-likeness (QED) is 0.871. The fourth-order valence-electron chi connectivity index (χ4n) is 2.42. The van der Waals surface area contributed by atoms with Crippen molar-refractivity contribution in [1.29, 1.82) is 0 Å². The fourth-order valence-corrected chi connectivity index (χ4v) is 3.71. The summed E-state index contributed by atoms with van der Waals surface area (Å²) < 4.78 is 27.1. The first-order chi connectivity index (χ1) is 8.28. The van der Waals surface area contributed by atoms with E-state index >= 15 is 0 Å². The molecule has 1 atom stereocenters. The van der Waals surface area contributed by atoms with Crippen molar-refractivity contribution >= 4 is 15.8 Å². The molecule has 0 saturated heterocycles. The Labute approximate surface area is 108 Å². The van der Waals surface area contributed by atoms with Gasteiger partial charge in [-0.1, -0.05) is 13.8 Å². The van der Waals surface area contributed by atoms with Crippen LogP contribution < -0.4 is 10.5 Å². The van der Waals surface area contributed by atoms with Gasteiger partial charge in [0.05, 0.1) is 4.90 Å². The zero-order valence-corrected chi connectivity index (χ0v) is 11.5. The number of nitrogens with zero attached hydrogens (tertiary/aromatic N) is 1. The zero-order chi connectivity index (χ0) is 13.4. The van der Waals surface area contributed by atoms with Crippen molar-refractivity contribution in [3.8, 4) is 0 Å². The summed E-state index contributed by atoms with van der Waals surface area (Å²) in [5.41, 5.74) is 5.72. The molecule has 1 unspecified atom stereocenters. The van der Waals surface area contributed by atoms with E-state index in [0.717, 1.165) is 19.3 Å². The van der Waals surface area contributed by atoms with Crippen molar-refractivity contribution in [2.75, 3.05) is 5.73 Å². The number of nitrogens with two attached hydrogens (primary N) is 1. The first-order valence-corrected chi connectivity index (χ1v) is 7.51. The Morgan fingerprint density at radius 3 is 2.78 bits per heavy atom. The van der Waals surface area contributed by atoms with Crippen molar-refractivity contribution < 1.29 is 8.42 Å². The predicted molar refractivity (Wildman–Crippen MR) is 70.4 cm³/mol. The van der Waals surface area contributed by atoms with Crippen molar-refractivity contribution in [1.82, 2.24) is 9.71 Å². The maximum absolute atomic E-state index is 12.2. The molecule has 1 saturated carbocycles. The molecule has 3 N–H and O–H groups in total.